The first-order chi connectivity index (χ1) is 11.7. The molecule has 0 aliphatic carbocycles. The lowest BCUT2D eigenvalue weighted by Crippen LogP contribution is -2.14. The molecule has 0 aliphatic heterocycles. The van der Waals surface area contributed by atoms with Gasteiger partial charge in [-0.05, 0) is 30.3 Å². The largest absolute Gasteiger partial charge is 0.442 e. The Balaban J connectivity index is 2.12. The van der Waals surface area contributed by atoms with Crippen LogP contribution >= 0.6 is 23.2 Å². The van der Waals surface area contributed by atoms with E-state index >= 15 is 0 Å². The molecule has 0 saturated heterocycles. The van der Waals surface area contributed by atoms with E-state index in [1.165, 1.54) is 12.1 Å². The fourth-order valence-electron chi connectivity index (χ4n) is 2.09. The molecule has 130 valence electrons. The maximum atomic E-state index is 13.9. The highest BCUT2D eigenvalue weighted by atomic mass is 35.5. The van der Waals surface area contributed by atoms with Crippen molar-refractivity contribution in [2.24, 2.45) is 0 Å². The molecule has 1 heterocycles. The second-order valence-corrected chi connectivity index (χ2v) is 5.66. The van der Waals surface area contributed by atoms with Gasteiger partial charge in [0.2, 0.25) is 0 Å². The van der Waals surface area contributed by atoms with E-state index in [-0.39, 0.29) is 21.3 Å². The molecule has 0 amide bonds. The summed E-state index contributed by atoms with van der Waals surface area (Å²) in [4.78, 5) is 12.0. The number of hydrogen-bond acceptors (Lipinski definition) is 3. The molecule has 0 fully saturated rings. The van der Waals surface area contributed by atoms with E-state index in [4.69, 9.17) is 27.6 Å². The highest BCUT2D eigenvalue weighted by molar-refractivity contribution is 6.33. The van der Waals surface area contributed by atoms with Gasteiger partial charge in [-0.25, -0.2) is 9.18 Å². The summed E-state index contributed by atoms with van der Waals surface area (Å²) in [6.45, 7) is 0. The zero-order chi connectivity index (χ0) is 18.4. The Kier molecular flexibility index (Phi) is 4.34. The zero-order valence-electron chi connectivity index (χ0n) is 11.9. The number of halogens is 6. The molecule has 0 atom stereocenters. The molecule has 0 N–H and O–H groups in total. The third-order valence-electron chi connectivity index (χ3n) is 3.23. The highest BCUT2D eigenvalue weighted by Crippen LogP contribution is 2.33. The smallest absolute Gasteiger partial charge is 0.387 e. The Morgan fingerprint density at radius 3 is 2.40 bits per heavy atom. The first-order valence-corrected chi connectivity index (χ1v) is 7.36. The van der Waals surface area contributed by atoms with E-state index in [2.05, 4.69) is 5.10 Å². The number of aromatic nitrogens is 2. The van der Waals surface area contributed by atoms with Crippen molar-refractivity contribution in [3.05, 3.63) is 68.4 Å². The highest BCUT2D eigenvalue weighted by Gasteiger charge is 2.31. The Morgan fingerprint density at radius 2 is 1.80 bits per heavy atom. The van der Waals surface area contributed by atoms with Crippen LogP contribution in [0.25, 0.3) is 17.1 Å². The van der Waals surface area contributed by atoms with E-state index in [9.17, 15) is 22.4 Å². The molecule has 0 bridgehead atoms. The van der Waals surface area contributed by atoms with E-state index in [1.54, 1.807) is 0 Å². The fourth-order valence-corrected chi connectivity index (χ4v) is 2.59. The summed E-state index contributed by atoms with van der Waals surface area (Å²) in [6.07, 6.45) is -4.59. The topological polar surface area (TPSA) is 48.0 Å². The van der Waals surface area contributed by atoms with Crippen LogP contribution in [0.2, 0.25) is 10.0 Å². The lowest BCUT2D eigenvalue weighted by Gasteiger charge is -2.08. The third kappa shape index (κ3) is 3.27. The van der Waals surface area contributed by atoms with Gasteiger partial charge in [-0.2, -0.15) is 17.9 Å². The molecule has 4 nitrogen and oxygen atoms in total. The van der Waals surface area contributed by atoms with Crippen LogP contribution in [0.4, 0.5) is 17.6 Å². The van der Waals surface area contributed by atoms with Crippen LogP contribution in [0, 0.1) is 5.82 Å². The Hall–Kier alpha value is -2.32. The van der Waals surface area contributed by atoms with E-state index < -0.39 is 29.2 Å². The summed E-state index contributed by atoms with van der Waals surface area (Å²) in [5.74, 6) is -2.26. The van der Waals surface area contributed by atoms with Crippen LogP contribution < -0.4 is 5.76 Å². The molecule has 1 aromatic heterocycles. The number of hydrogen-bond donors (Lipinski definition) is 0. The molecule has 0 unspecified atom stereocenters. The predicted octanol–water partition coefficient (Wildman–Crippen LogP) is 4.96. The monoisotopic (exact) mass is 392 g/mol. The SMILES string of the molecule is O=c1oc(-c2c(F)cccc2Cl)nn1-c1ccc(C(F)(F)F)cc1Cl. The maximum absolute atomic E-state index is 13.9. The molecular formula is C15H6Cl2F4N2O2. The number of alkyl halides is 3. The molecule has 0 saturated carbocycles. The summed E-state index contributed by atoms with van der Waals surface area (Å²) in [7, 11) is 0. The van der Waals surface area contributed by atoms with Gasteiger partial charge in [-0.15, -0.1) is 5.10 Å². The second-order valence-electron chi connectivity index (χ2n) is 4.85. The van der Waals surface area contributed by atoms with Crippen molar-refractivity contribution in [1.29, 1.82) is 0 Å². The van der Waals surface area contributed by atoms with Gasteiger partial charge in [-0.3, -0.25) is 0 Å². The molecule has 0 spiro atoms. The number of nitrogens with zero attached hydrogens (tertiary/aromatic N) is 2. The van der Waals surface area contributed by atoms with Gasteiger partial charge in [0.05, 0.1) is 26.9 Å². The molecule has 0 radical (unpaired) electrons. The minimum absolute atomic E-state index is 0.0492. The van der Waals surface area contributed by atoms with Crippen LogP contribution in [0.3, 0.4) is 0 Å². The van der Waals surface area contributed by atoms with Gasteiger partial charge in [0, 0.05) is 0 Å². The van der Waals surface area contributed by atoms with Crippen molar-refractivity contribution in [2.45, 2.75) is 6.18 Å². The summed E-state index contributed by atoms with van der Waals surface area (Å²) in [5, 5.41) is 3.34. The summed E-state index contributed by atoms with van der Waals surface area (Å²) in [6, 6.07) is 6.14. The minimum atomic E-state index is -4.59. The maximum Gasteiger partial charge on any atom is 0.442 e. The summed E-state index contributed by atoms with van der Waals surface area (Å²) in [5.41, 5.74) is -1.39. The molecule has 10 heteroatoms. The lowest BCUT2D eigenvalue weighted by atomic mass is 10.2. The van der Waals surface area contributed by atoms with Gasteiger partial charge >= 0.3 is 11.9 Å². The van der Waals surface area contributed by atoms with Gasteiger partial charge < -0.3 is 4.42 Å². The van der Waals surface area contributed by atoms with E-state index in [0.29, 0.717) is 10.7 Å². The van der Waals surface area contributed by atoms with Crippen molar-refractivity contribution in [1.82, 2.24) is 9.78 Å². The van der Waals surface area contributed by atoms with Crippen LogP contribution in [-0.4, -0.2) is 9.78 Å². The molecule has 25 heavy (non-hydrogen) atoms. The van der Waals surface area contributed by atoms with Crippen molar-refractivity contribution >= 4 is 23.2 Å². The number of benzene rings is 2. The van der Waals surface area contributed by atoms with Crippen LogP contribution in [-0.2, 0) is 6.18 Å². The lowest BCUT2D eigenvalue weighted by molar-refractivity contribution is -0.137. The van der Waals surface area contributed by atoms with Gasteiger partial charge in [0.15, 0.2) is 0 Å². The molecule has 0 aliphatic rings. The first-order valence-electron chi connectivity index (χ1n) is 6.60. The fraction of sp³-hybridized carbons (Fsp3) is 0.0667. The molecule has 3 rings (SSSR count). The summed E-state index contributed by atoms with van der Waals surface area (Å²) < 4.78 is 57.4. The van der Waals surface area contributed by atoms with Crippen LogP contribution in [0.15, 0.2) is 45.6 Å². The van der Waals surface area contributed by atoms with Crippen LogP contribution in [0.1, 0.15) is 5.56 Å². The first kappa shape index (κ1) is 17.5. The minimum Gasteiger partial charge on any atom is -0.387 e. The van der Waals surface area contributed by atoms with E-state index in [1.807, 2.05) is 0 Å². The van der Waals surface area contributed by atoms with Gasteiger partial charge in [0.25, 0.3) is 5.89 Å². The number of rotatable bonds is 2. The average Bonchev–Trinajstić information content (AvgIpc) is 2.87. The van der Waals surface area contributed by atoms with Gasteiger partial charge in [-0.1, -0.05) is 29.3 Å². The van der Waals surface area contributed by atoms with Crippen molar-refractivity contribution < 1.29 is 22.0 Å². The zero-order valence-corrected chi connectivity index (χ0v) is 13.5. The molecule has 2 aromatic carbocycles. The second kappa shape index (κ2) is 6.20. The Morgan fingerprint density at radius 1 is 1.08 bits per heavy atom. The van der Waals surface area contributed by atoms with Gasteiger partial charge in [0.1, 0.15) is 5.82 Å². The quantitative estimate of drug-likeness (QED) is 0.579. The molecule has 3 aromatic rings. The Bertz CT molecular complexity index is 991. The average molecular weight is 393 g/mol. The summed E-state index contributed by atoms with van der Waals surface area (Å²) >= 11 is 11.7. The van der Waals surface area contributed by atoms with Crippen molar-refractivity contribution in [2.75, 3.05) is 0 Å². The normalized spacial score (nSPS) is 11.8. The van der Waals surface area contributed by atoms with Crippen molar-refractivity contribution in [3.63, 3.8) is 0 Å². The van der Waals surface area contributed by atoms with Crippen molar-refractivity contribution in [3.8, 4) is 17.1 Å². The Labute approximate surface area is 147 Å². The van der Waals surface area contributed by atoms with Crippen LogP contribution in [0.5, 0.6) is 0 Å². The molecular weight excluding hydrogens is 387 g/mol. The standard InChI is InChI=1S/C15H6Cl2F4N2O2/c16-8-2-1-3-10(18)12(8)13-22-23(14(24)25-13)11-5-4-7(6-9(11)17)15(19,20)21/h1-6H. The third-order valence-corrected chi connectivity index (χ3v) is 3.85. The predicted molar refractivity (Wildman–Crippen MR) is 82.5 cm³/mol. The van der Waals surface area contributed by atoms with E-state index in [0.717, 1.165) is 18.2 Å².